The van der Waals surface area contributed by atoms with Crippen LogP contribution in [0.3, 0.4) is 0 Å². The second-order valence-electron chi connectivity index (χ2n) is 5.08. The number of unbranched alkanes of at least 4 members (excludes halogenated alkanes) is 1. The maximum Gasteiger partial charge on any atom is 0.303 e. The minimum Gasteiger partial charge on any atom is -0.481 e. The number of aliphatic hydroxyl groups is 1. The summed E-state index contributed by atoms with van der Waals surface area (Å²) in [6.07, 6.45) is 6.77. The first-order valence-electron chi connectivity index (χ1n) is 6.67. The van der Waals surface area contributed by atoms with E-state index in [-0.39, 0.29) is 29.7 Å². The lowest BCUT2D eigenvalue weighted by Gasteiger charge is -2.17. The van der Waals surface area contributed by atoms with Gasteiger partial charge in [-0.3, -0.25) is 14.9 Å². The van der Waals surface area contributed by atoms with Gasteiger partial charge in [-0.2, -0.15) is 0 Å². The summed E-state index contributed by atoms with van der Waals surface area (Å²) in [5.74, 6) is -0.888. The maximum atomic E-state index is 10.5. The number of carbonyl (C=O) groups is 1. The molecule has 1 aliphatic rings. The van der Waals surface area contributed by atoms with Crippen LogP contribution in [0.1, 0.15) is 38.5 Å². The van der Waals surface area contributed by atoms with Gasteiger partial charge in [0.15, 0.2) is 0 Å². The summed E-state index contributed by atoms with van der Waals surface area (Å²) in [7, 11) is 0. The number of nitro groups is 1. The van der Waals surface area contributed by atoms with Gasteiger partial charge in [-0.05, 0) is 38.0 Å². The molecule has 0 spiro atoms. The van der Waals surface area contributed by atoms with E-state index in [1.165, 1.54) is 0 Å². The molecule has 6 nitrogen and oxygen atoms in total. The van der Waals surface area contributed by atoms with Crippen LogP contribution in [0.5, 0.6) is 0 Å². The summed E-state index contributed by atoms with van der Waals surface area (Å²) in [4.78, 5) is 20.5. The van der Waals surface area contributed by atoms with E-state index >= 15 is 0 Å². The van der Waals surface area contributed by atoms with Crippen molar-refractivity contribution in [1.82, 2.24) is 0 Å². The van der Waals surface area contributed by atoms with Crippen LogP contribution in [-0.2, 0) is 4.79 Å². The van der Waals surface area contributed by atoms with E-state index in [2.05, 4.69) is 0 Å². The van der Waals surface area contributed by atoms with Gasteiger partial charge in [0.25, 0.3) is 0 Å². The summed E-state index contributed by atoms with van der Waals surface area (Å²) in [6.45, 7) is -0.0748. The first kappa shape index (κ1) is 15.6. The minimum atomic E-state index is -0.800. The van der Waals surface area contributed by atoms with E-state index in [0.717, 1.165) is 0 Å². The van der Waals surface area contributed by atoms with Crippen LogP contribution in [0.2, 0.25) is 0 Å². The SMILES string of the molecule is O=C(O)CCCC=CCC1C(O)CCC1C[N+](=O)[O-]. The Balaban J connectivity index is 2.30. The van der Waals surface area contributed by atoms with Crippen LogP contribution in [0.4, 0.5) is 0 Å². The Bertz CT molecular complexity index is 342. The number of carboxylic acids is 1. The monoisotopic (exact) mass is 271 g/mol. The van der Waals surface area contributed by atoms with E-state index in [4.69, 9.17) is 5.11 Å². The van der Waals surface area contributed by atoms with Crippen molar-refractivity contribution in [3.63, 3.8) is 0 Å². The standard InChI is InChI=1S/C13H21NO5/c15-12-8-7-10(9-14(18)19)11(12)5-3-1-2-4-6-13(16)17/h1,3,10-12,15H,2,4-9H2,(H,16,17). The Morgan fingerprint density at radius 1 is 1.37 bits per heavy atom. The molecule has 0 bridgehead atoms. The first-order chi connectivity index (χ1) is 9.00. The number of aliphatic carboxylic acids is 1. The van der Waals surface area contributed by atoms with E-state index in [1.807, 2.05) is 12.2 Å². The van der Waals surface area contributed by atoms with E-state index < -0.39 is 12.1 Å². The molecule has 0 amide bonds. The van der Waals surface area contributed by atoms with E-state index in [1.54, 1.807) is 0 Å². The molecule has 1 saturated carbocycles. The molecule has 0 aromatic rings. The highest BCUT2D eigenvalue weighted by Crippen LogP contribution is 2.34. The molecule has 3 unspecified atom stereocenters. The minimum absolute atomic E-state index is 0.0406. The Morgan fingerprint density at radius 2 is 2.11 bits per heavy atom. The quantitative estimate of drug-likeness (QED) is 0.303. The van der Waals surface area contributed by atoms with Gasteiger partial charge in [-0.15, -0.1) is 0 Å². The molecular weight excluding hydrogens is 250 g/mol. The molecule has 108 valence electrons. The third kappa shape index (κ3) is 5.83. The molecule has 0 radical (unpaired) electrons. The predicted molar refractivity (Wildman–Crippen MR) is 69.3 cm³/mol. The molecule has 1 rings (SSSR count). The second-order valence-corrected chi connectivity index (χ2v) is 5.08. The molecule has 3 atom stereocenters. The summed E-state index contributed by atoms with van der Waals surface area (Å²) in [5.41, 5.74) is 0. The maximum absolute atomic E-state index is 10.5. The lowest BCUT2D eigenvalue weighted by atomic mass is 9.91. The largest absolute Gasteiger partial charge is 0.481 e. The van der Waals surface area contributed by atoms with Crippen LogP contribution in [-0.4, -0.2) is 33.8 Å². The normalized spacial score (nSPS) is 26.9. The van der Waals surface area contributed by atoms with Gasteiger partial charge in [0.1, 0.15) is 0 Å². The second kappa shape index (κ2) is 7.89. The topological polar surface area (TPSA) is 101 Å². The van der Waals surface area contributed by atoms with Crippen LogP contribution in [0.15, 0.2) is 12.2 Å². The van der Waals surface area contributed by atoms with Gasteiger partial charge in [-0.25, -0.2) is 0 Å². The zero-order chi connectivity index (χ0) is 14.3. The van der Waals surface area contributed by atoms with E-state index in [9.17, 15) is 20.0 Å². The summed E-state index contributed by atoms with van der Waals surface area (Å²) in [6, 6.07) is 0. The highest BCUT2D eigenvalue weighted by atomic mass is 16.6. The fourth-order valence-corrected chi connectivity index (χ4v) is 2.64. The van der Waals surface area contributed by atoms with Gasteiger partial charge in [0.2, 0.25) is 6.54 Å². The lowest BCUT2D eigenvalue weighted by Crippen LogP contribution is -2.23. The summed E-state index contributed by atoms with van der Waals surface area (Å²) >= 11 is 0. The molecule has 2 N–H and O–H groups in total. The fraction of sp³-hybridized carbons (Fsp3) is 0.769. The molecule has 0 aromatic heterocycles. The third-order valence-corrected chi connectivity index (χ3v) is 3.65. The van der Waals surface area contributed by atoms with Crippen molar-refractivity contribution < 1.29 is 19.9 Å². The molecule has 0 aliphatic heterocycles. The summed E-state index contributed by atoms with van der Waals surface area (Å²) < 4.78 is 0. The Kier molecular flexibility index (Phi) is 6.49. The smallest absolute Gasteiger partial charge is 0.303 e. The number of carboxylic acid groups (broad SMARTS) is 1. The number of hydrogen-bond acceptors (Lipinski definition) is 4. The zero-order valence-corrected chi connectivity index (χ0v) is 10.9. The van der Waals surface area contributed by atoms with Crippen molar-refractivity contribution in [3.05, 3.63) is 22.3 Å². The molecule has 0 saturated heterocycles. The van der Waals surface area contributed by atoms with E-state index in [0.29, 0.717) is 32.1 Å². The van der Waals surface area contributed by atoms with Crippen LogP contribution >= 0.6 is 0 Å². The van der Waals surface area contributed by atoms with Crippen molar-refractivity contribution in [1.29, 1.82) is 0 Å². The molecule has 0 aromatic carbocycles. The Labute approximate surface area is 112 Å². The van der Waals surface area contributed by atoms with Gasteiger partial charge >= 0.3 is 5.97 Å². The van der Waals surface area contributed by atoms with Gasteiger partial charge in [0.05, 0.1) is 6.10 Å². The lowest BCUT2D eigenvalue weighted by molar-refractivity contribution is -0.489. The molecule has 19 heavy (non-hydrogen) atoms. The molecule has 1 aliphatic carbocycles. The summed E-state index contributed by atoms with van der Waals surface area (Å²) in [5, 5.41) is 28.8. The average molecular weight is 271 g/mol. The molecule has 6 heteroatoms. The van der Waals surface area contributed by atoms with Crippen molar-refractivity contribution in [2.24, 2.45) is 11.8 Å². The van der Waals surface area contributed by atoms with Crippen molar-refractivity contribution >= 4 is 5.97 Å². The van der Waals surface area contributed by atoms with Crippen molar-refractivity contribution in [3.8, 4) is 0 Å². The number of hydrogen-bond donors (Lipinski definition) is 2. The average Bonchev–Trinajstić information content (AvgIpc) is 2.64. The molecule has 0 heterocycles. The first-order valence-corrected chi connectivity index (χ1v) is 6.67. The number of nitrogens with zero attached hydrogens (tertiary/aromatic N) is 1. The number of aliphatic hydroxyl groups excluding tert-OH is 1. The van der Waals surface area contributed by atoms with Gasteiger partial charge in [0, 0.05) is 17.3 Å². The van der Waals surface area contributed by atoms with Crippen LogP contribution in [0, 0.1) is 22.0 Å². The molecule has 1 fully saturated rings. The van der Waals surface area contributed by atoms with Crippen LogP contribution < -0.4 is 0 Å². The van der Waals surface area contributed by atoms with Gasteiger partial charge in [-0.1, -0.05) is 12.2 Å². The highest BCUT2D eigenvalue weighted by Gasteiger charge is 2.36. The zero-order valence-electron chi connectivity index (χ0n) is 10.9. The predicted octanol–water partition coefficient (Wildman–Crippen LogP) is 1.85. The van der Waals surface area contributed by atoms with Crippen molar-refractivity contribution in [2.45, 2.75) is 44.6 Å². The fourth-order valence-electron chi connectivity index (χ4n) is 2.64. The molecular formula is C13H21NO5. The van der Waals surface area contributed by atoms with Crippen molar-refractivity contribution in [2.75, 3.05) is 6.54 Å². The van der Waals surface area contributed by atoms with Crippen LogP contribution in [0.25, 0.3) is 0 Å². The highest BCUT2D eigenvalue weighted by molar-refractivity contribution is 5.66. The number of rotatable bonds is 8. The Hall–Kier alpha value is -1.43. The number of allylic oxidation sites excluding steroid dienone is 2. The van der Waals surface area contributed by atoms with Gasteiger partial charge < -0.3 is 10.2 Å². The third-order valence-electron chi connectivity index (χ3n) is 3.65. The Morgan fingerprint density at radius 3 is 2.74 bits per heavy atom.